The van der Waals surface area contributed by atoms with Gasteiger partial charge in [-0.1, -0.05) is 35.5 Å². The zero-order chi connectivity index (χ0) is 16.8. The summed E-state index contributed by atoms with van der Waals surface area (Å²) >= 11 is 0. The van der Waals surface area contributed by atoms with Crippen molar-refractivity contribution in [2.75, 3.05) is 0 Å². The second kappa shape index (κ2) is 7.88. The molecule has 0 aliphatic heterocycles. The number of rotatable bonds is 5. The van der Waals surface area contributed by atoms with Crippen molar-refractivity contribution in [1.82, 2.24) is 20.3 Å². The number of aromatic nitrogens is 3. The highest BCUT2D eigenvalue weighted by Gasteiger charge is 2.19. The van der Waals surface area contributed by atoms with Gasteiger partial charge < -0.3 is 10.4 Å². The molecule has 1 aromatic carbocycles. The summed E-state index contributed by atoms with van der Waals surface area (Å²) < 4.78 is 1.75. The molecule has 0 atom stereocenters. The predicted molar refractivity (Wildman–Crippen MR) is 91.0 cm³/mol. The Hall–Kier alpha value is -2.47. The van der Waals surface area contributed by atoms with Gasteiger partial charge in [-0.05, 0) is 37.3 Å². The molecule has 1 aliphatic rings. The molecule has 0 radical (unpaired) electrons. The van der Waals surface area contributed by atoms with Crippen LogP contribution in [0.1, 0.15) is 36.9 Å². The van der Waals surface area contributed by atoms with Gasteiger partial charge >= 0.3 is 0 Å². The van der Waals surface area contributed by atoms with Crippen LogP contribution in [0.25, 0.3) is 6.08 Å². The van der Waals surface area contributed by atoms with E-state index in [2.05, 4.69) is 15.6 Å². The van der Waals surface area contributed by atoms with E-state index in [0.717, 1.165) is 31.2 Å². The Kier molecular flexibility index (Phi) is 5.38. The van der Waals surface area contributed by atoms with Crippen molar-refractivity contribution in [2.24, 2.45) is 0 Å². The van der Waals surface area contributed by atoms with E-state index in [1.807, 2.05) is 36.5 Å². The molecule has 126 valence electrons. The summed E-state index contributed by atoms with van der Waals surface area (Å²) in [5.74, 6) is -0.131. The van der Waals surface area contributed by atoms with Gasteiger partial charge in [0.25, 0.3) is 0 Å². The zero-order valence-corrected chi connectivity index (χ0v) is 13.5. The first-order chi connectivity index (χ1) is 11.7. The Morgan fingerprint density at radius 1 is 1.25 bits per heavy atom. The van der Waals surface area contributed by atoms with Gasteiger partial charge in [-0.2, -0.15) is 0 Å². The number of amides is 1. The minimum absolute atomic E-state index is 0.131. The lowest BCUT2D eigenvalue weighted by Gasteiger charge is -2.25. The Labute approximate surface area is 141 Å². The fourth-order valence-corrected chi connectivity index (χ4v) is 2.87. The van der Waals surface area contributed by atoms with E-state index in [1.54, 1.807) is 10.8 Å². The third kappa shape index (κ3) is 4.76. The summed E-state index contributed by atoms with van der Waals surface area (Å²) in [6, 6.07) is 10.2. The van der Waals surface area contributed by atoms with Gasteiger partial charge in [0, 0.05) is 12.1 Å². The molecule has 24 heavy (non-hydrogen) atoms. The SMILES string of the molecule is O=C(C=Cc1cn(Cc2ccccc2)nn1)NC1CCC(O)CC1. The first-order valence-electron chi connectivity index (χ1n) is 8.30. The molecule has 1 heterocycles. The van der Waals surface area contributed by atoms with Crippen LogP contribution in [0.5, 0.6) is 0 Å². The van der Waals surface area contributed by atoms with Crippen molar-refractivity contribution in [3.8, 4) is 0 Å². The van der Waals surface area contributed by atoms with Crippen molar-refractivity contribution in [3.05, 3.63) is 53.9 Å². The van der Waals surface area contributed by atoms with Crippen LogP contribution >= 0.6 is 0 Å². The fraction of sp³-hybridized carbons (Fsp3) is 0.389. The molecule has 6 nitrogen and oxygen atoms in total. The van der Waals surface area contributed by atoms with Crippen LogP contribution in [0.15, 0.2) is 42.6 Å². The Balaban J connectivity index is 1.50. The first kappa shape index (κ1) is 16.4. The van der Waals surface area contributed by atoms with Crippen LogP contribution in [-0.2, 0) is 11.3 Å². The molecule has 2 N–H and O–H groups in total. The first-order valence-corrected chi connectivity index (χ1v) is 8.30. The van der Waals surface area contributed by atoms with Crippen molar-refractivity contribution in [3.63, 3.8) is 0 Å². The maximum Gasteiger partial charge on any atom is 0.244 e. The van der Waals surface area contributed by atoms with Crippen molar-refractivity contribution < 1.29 is 9.90 Å². The molecule has 1 aromatic heterocycles. The number of nitrogens with one attached hydrogen (secondary N) is 1. The highest BCUT2D eigenvalue weighted by molar-refractivity contribution is 5.91. The third-order valence-corrected chi connectivity index (χ3v) is 4.19. The van der Waals surface area contributed by atoms with Crippen LogP contribution in [-0.4, -0.2) is 38.2 Å². The lowest BCUT2D eigenvalue weighted by molar-refractivity contribution is -0.117. The van der Waals surface area contributed by atoms with E-state index in [1.165, 1.54) is 6.08 Å². The van der Waals surface area contributed by atoms with Gasteiger partial charge in [0.05, 0.1) is 18.8 Å². The second-order valence-corrected chi connectivity index (χ2v) is 6.17. The quantitative estimate of drug-likeness (QED) is 0.821. The Bertz CT molecular complexity index is 688. The number of nitrogens with zero attached hydrogens (tertiary/aromatic N) is 3. The topological polar surface area (TPSA) is 80.0 Å². The van der Waals surface area contributed by atoms with E-state index >= 15 is 0 Å². The van der Waals surface area contributed by atoms with Crippen LogP contribution in [0.4, 0.5) is 0 Å². The number of aliphatic hydroxyl groups is 1. The van der Waals surface area contributed by atoms with E-state index < -0.39 is 0 Å². The molecule has 0 spiro atoms. The molecular weight excluding hydrogens is 304 g/mol. The average molecular weight is 326 g/mol. The van der Waals surface area contributed by atoms with Gasteiger partial charge in [-0.25, -0.2) is 4.68 Å². The summed E-state index contributed by atoms with van der Waals surface area (Å²) in [4.78, 5) is 11.9. The van der Waals surface area contributed by atoms with Gasteiger partial charge in [0.2, 0.25) is 5.91 Å². The number of hydrogen-bond acceptors (Lipinski definition) is 4. The summed E-state index contributed by atoms with van der Waals surface area (Å²) in [5.41, 5.74) is 1.80. The molecule has 1 aliphatic carbocycles. The summed E-state index contributed by atoms with van der Waals surface area (Å²) in [5, 5.41) is 20.6. The third-order valence-electron chi connectivity index (χ3n) is 4.19. The molecule has 0 saturated heterocycles. The molecule has 0 unspecified atom stereocenters. The average Bonchev–Trinajstić information content (AvgIpc) is 3.03. The van der Waals surface area contributed by atoms with E-state index in [9.17, 15) is 9.90 Å². The molecular formula is C18H22N4O2. The maximum absolute atomic E-state index is 11.9. The fourth-order valence-electron chi connectivity index (χ4n) is 2.87. The lowest BCUT2D eigenvalue weighted by Crippen LogP contribution is -2.37. The van der Waals surface area contributed by atoms with E-state index in [-0.39, 0.29) is 18.1 Å². The number of aliphatic hydroxyl groups excluding tert-OH is 1. The summed E-state index contributed by atoms with van der Waals surface area (Å²) in [7, 11) is 0. The largest absolute Gasteiger partial charge is 0.393 e. The molecule has 1 saturated carbocycles. The number of benzene rings is 1. The molecule has 6 heteroatoms. The standard InChI is InChI=1S/C18H22N4O2/c23-17-9-6-15(7-10-17)19-18(24)11-8-16-13-22(21-20-16)12-14-4-2-1-3-5-14/h1-5,8,11,13,15,17,23H,6-7,9-10,12H2,(H,19,24). The Morgan fingerprint density at radius 2 is 2.00 bits per heavy atom. The highest BCUT2D eigenvalue weighted by atomic mass is 16.3. The van der Waals surface area contributed by atoms with Crippen LogP contribution in [0, 0.1) is 0 Å². The predicted octanol–water partition coefficient (Wildman–Crippen LogP) is 1.76. The number of hydrogen-bond donors (Lipinski definition) is 2. The van der Waals surface area contributed by atoms with Gasteiger partial charge in [0.1, 0.15) is 5.69 Å². The van der Waals surface area contributed by atoms with Crippen LogP contribution < -0.4 is 5.32 Å². The lowest BCUT2D eigenvalue weighted by atomic mass is 9.93. The van der Waals surface area contributed by atoms with E-state index in [0.29, 0.717) is 12.2 Å². The van der Waals surface area contributed by atoms with Crippen molar-refractivity contribution in [2.45, 2.75) is 44.4 Å². The molecule has 1 fully saturated rings. The monoisotopic (exact) mass is 326 g/mol. The van der Waals surface area contributed by atoms with Crippen molar-refractivity contribution >= 4 is 12.0 Å². The van der Waals surface area contributed by atoms with Gasteiger partial charge in [0.15, 0.2) is 0 Å². The summed E-state index contributed by atoms with van der Waals surface area (Å²) in [6.45, 7) is 0.651. The van der Waals surface area contributed by atoms with Gasteiger partial charge in [-0.3, -0.25) is 4.79 Å². The van der Waals surface area contributed by atoms with Gasteiger partial charge in [-0.15, -0.1) is 5.10 Å². The maximum atomic E-state index is 11.9. The smallest absolute Gasteiger partial charge is 0.244 e. The molecule has 0 bridgehead atoms. The van der Waals surface area contributed by atoms with Crippen LogP contribution in [0.3, 0.4) is 0 Å². The summed E-state index contributed by atoms with van der Waals surface area (Å²) in [6.07, 6.45) is 7.91. The Morgan fingerprint density at radius 3 is 2.75 bits per heavy atom. The number of carbonyl (C=O) groups excluding carboxylic acids is 1. The van der Waals surface area contributed by atoms with Crippen LogP contribution in [0.2, 0.25) is 0 Å². The molecule has 2 aromatic rings. The normalized spacial score (nSPS) is 21.0. The molecule has 3 rings (SSSR count). The number of carbonyl (C=O) groups is 1. The van der Waals surface area contributed by atoms with E-state index in [4.69, 9.17) is 0 Å². The second-order valence-electron chi connectivity index (χ2n) is 6.17. The van der Waals surface area contributed by atoms with Crippen molar-refractivity contribution in [1.29, 1.82) is 0 Å². The minimum atomic E-state index is -0.214. The minimum Gasteiger partial charge on any atom is -0.393 e. The zero-order valence-electron chi connectivity index (χ0n) is 13.5. The highest BCUT2D eigenvalue weighted by Crippen LogP contribution is 2.18. The molecule has 1 amide bonds.